The highest BCUT2D eigenvalue weighted by molar-refractivity contribution is 7.99. The topological polar surface area (TPSA) is 86.5 Å². The van der Waals surface area contributed by atoms with Gasteiger partial charge in [0.15, 0.2) is 11.5 Å². The molecule has 0 bridgehead atoms. The van der Waals surface area contributed by atoms with E-state index in [-0.39, 0.29) is 28.6 Å². The first-order valence-corrected chi connectivity index (χ1v) is 8.81. The summed E-state index contributed by atoms with van der Waals surface area (Å²) in [5.41, 5.74) is 1.18. The first-order chi connectivity index (χ1) is 13.1. The smallest absolute Gasteiger partial charge is 0.277 e. The molecule has 3 aromatic rings. The van der Waals surface area contributed by atoms with E-state index in [0.29, 0.717) is 22.7 Å². The Balaban J connectivity index is 1.57. The van der Waals surface area contributed by atoms with E-state index in [1.54, 1.807) is 30.3 Å². The van der Waals surface area contributed by atoms with Gasteiger partial charge in [-0.15, -0.1) is 10.2 Å². The molecule has 27 heavy (non-hydrogen) atoms. The van der Waals surface area contributed by atoms with E-state index in [9.17, 15) is 9.18 Å². The molecule has 1 heterocycles. The van der Waals surface area contributed by atoms with E-state index in [4.69, 9.17) is 13.9 Å². The van der Waals surface area contributed by atoms with Gasteiger partial charge in [0, 0.05) is 17.3 Å². The number of amides is 1. The fourth-order valence-corrected chi connectivity index (χ4v) is 2.78. The van der Waals surface area contributed by atoms with Crippen LogP contribution in [-0.2, 0) is 4.79 Å². The van der Waals surface area contributed by atoms with Crippen molar-refractivity contribution in [2.24, 2.45) is 0 Å². The van der Waals surface area contributed by atoms with Crippen LogP contribution in [0.25, 0.3) is 11.5 Å². The van der Waals surface area contributed by atoms with Crippen molar-refractivity contribution in [3.63, 3.8) is 0 Å². The molecule has 0 saturated heterocycles. The maximum absolute atomic E-state index is 13.0. The number of benzene rings is 2. The van der Waals surface area contributed by atoms with Crippen LogP contribution in [-0.4, -0.2) is 36.1 Å². The SMILES string of the molecule is COc1ccc(NC(=O)CSc2nnc(-c3ccc(F)cc3)o2)cc1OC. The number of ether oxygens (including phenoxy) is 2. The second-order valence-corrected chi connectivity index (χ2v) is 6.21. The van der Waals surface area contributed by atoms with Gasteiger partial charge in [-0.1, -0.05) is 11.8 Å². The Hall–Kier alpha value is -3.07. The molecule has 0 aliphatic carbocycles. The third-order valence-corrected chi connectivity index (χ3v) is 4.31. The van der Waals surface area contributed by atoms with Crippen molar-refractivity contribution in [3.8, 4) is 23.0 Å². The predicted octanol–water partition coefficient (Wildman–Crippen LogP) is 3.62. The molecule has 0 saturated carbocycles. The summed E-state index contributed by atoms with van der Waals surface area (Å²) < 4.78 is 28.8. The molecule has 1 N–H and O–H groups in total. The van der Waals surface area contributed by atoms with Gasteiger partial charge in [-0.05, 0) is 36.4 Å². The highest BCUT2D eigenvalue weighted by atomic mass is 32.2. The summed E-state index contributed by atoms with van der Waals surface area (Å²) in [5.74, 6) is 0.846. The molecule has 7 nitrogen and oxygen atoms in total. The van der Waals surface area contributed by atoms with Crippen molar-refractivity contribution >= 4 is 23.4 Å². The minimum Gasteiger partial charge on any atom is -0.493 e. The number of carbonyl (C=O) groups is 1. The summed E-state index contributed by atoms with van der Waals surface area (Å²) in [5, 5.41) is 10.8. The standard InChI is InChI=1S/C18H16FN3O4S/c1-24-14-8-7-13(9-15(14)25-2)20-16(23)10-27-18-22-21-17(26-18)11-3-5-12(19)6-4-11/h3-9H,10H2,1-2H3,(H,20,23). The van der Waals surface area contributed by atoms with Crippen molar-refractivity contribution in [1.82, 2.24) is 10.2 Å². The molecule has 2 aromatic carbocycles. The normalized spacial score (nSPS) is 10.5. The lowest BCUT2D eigenvalue weighted by atomic mass is 10.2. The molecule has 0 aliphatic heterocycles. The zero-order valence-corrected chi connectivity index (χ0v) is 15.4. The van der Waals surface area contributed by atoms with Crippen LogP contribution in [0, 0.1) is 5.82 Å². The van der Waals surface area contributed by atoms with Crippen LogP contribution in [0.15, 0.2) is 52.1 Å². The first-order valence-electron chi connectivity index (χ1n) is 7.83. The van der Waals surface area contributed by atoms with Crippen LogP contribution in [0.2, 0.25) is 0 Å². The fourth-order valence-electron chi connectivity index (χ4n) is 2.22. The third-order valence-electron chi connectivity index (χ3n) is 3.49. The third kappa shape index (κ3) is 4.76. The molecule has 140 valence electrons. The Morgan fingerprint density at radius 1 is 1.11 bits per heavy atom. The summed E-state index contributed by atoms with van der Waals surface area (Å²) >= 11 is 1.10. The summed E-state index contributed by atoms with van der Waals surface area (Å²) in [7, 11) is 3.06. The Morgan fingerprint density at radius 3 is 2.56 bits per heavy atom. The van der Waals surface area contributed by atoms with Gasteiger partial charge in [0.25, 0.3) is 5.22 Å². The largest absolute Gasteiger partial charge is 0.493 e. The number of carbonyl (C=O) groups excluding carboxylic acids is 1. The van der Waals surface area contributed by atoms with Crippen molar-refractivity contribution in [2.75, 3.05) is 25.3 Å². The lowest BCUT2D eigenvalue weighted by Gasteiger charge is -2.10. The minimum atomic E-state index is -0.348. The number of nitrogens with zero attached hydrogens (tertiary/aromatic N) is 2. The first kappa shape index (κ1) is 18.7. The molecule has 9 heteroatoms. The highest BCUT2D eigenvalue weighted by Gasteiger charge is 2.12. The average molecular weight is 389 g/mol. The lowest BCUT2D eigenvalue weighted by molar-refractivity contribution is -0.113. The summed E-state index contributed by atoms with van der Waals surface area (Å²) in [6, 6.07) is 10.8. The van der Waals surface area contributed by atoms with Crippen molar-refractivity contribution in [1.29, 1.82) is 0 Å². The Labute approximate surface area is 158 Å². The van der Waals surface area contributed by atoms with Gasteiger partial charge in [0.1, 0.15) is 5.82 Å². The number of aromatic nitrogens is 2. The minimum absolute atomic E-state index is 0.0827. The summed E-state index contributed by atoms with van der Waals surface area (Å²) in [6.07, 6.45) is 0. The van der Waals surface area contributed by atoms with Gasteiger partial charge in [-0.25, -0.2) is 4.39 Å². The Kier molecular flexibility index (Phi) is 5.92. The molecule has 3 rings (SSSR count). The number of thioether (sulfide) groups is 1. The van der Waals surface area contributed by atoms with Gasteiger partial charge < -0.3 is 19.2 Å². The second-order valence-electron chi connectivity index (χ2n) is 5.29. The fraction of sp³-hybridized carbons (Fsp3) is 0.167. The predicted molar refractivity (Wildman–Crippen MR) is 98.6 cm³/mol. The maximum Gasteiger partial charge on any atom is 0.277 e. The van der Waals surface area contributed by atoms with Gasteiger partial charge in [0.2, 0.25) is 11.8 Å². The van der Waals surface area contributed by atoms with Crippen LogP contribution in [0.3, 0.4) is 0 Å². The van der Waals surface area contributed by atoms with Gasteiger partial charge in [-0.2, -0.15) is 0 Å². The molecule has 0 spiro atoms. The molecule has 0 radical (unpaired) electrons. The van der Waals surface area contributed by atoms with Crippen LogP contribution in [0.5, 0.6) is 11.5 Å². The number of hydrogen-bond donors (Lipinski definition) is 1. The quantitative estimate of drug-likeness (QED) is 0.618. The monoisotopic (exact) mass is 389 g/mol. The molecule has 1 aromatic heterocycles. The molecule has 0 aliphatic rings. The number of nitrogens with one attached hydrogen (secondary N) is 1. The summed E-state index contributed by atoms with van der Waals surface area (Å²) in [4.78, 5) is 12.1. The zero-order chi connectivity index (χ0) is 19.2. The van der Waals surface area contributed by atoms with Crippen molar-refractivity contribution in [2.45, 2.75) is 5.22 Å². The Bertz CT molecular complexity index is 931. The van der Waals surface area contributed by atoms with E-state index in [0.717, 1.165) is 11.8 Å². The van der Waals surface area contributed by atoms with E-state index >= 15 is 0 Å². The van der Waals surface area contributed by atoms with E-state index in [1.807, 2.05) is 0 Å². The number of hydrogen-bond acceptors (Lipinski definition) is 7. The van der Waals surface area contributed by atoms with Crippen LogP contribution in [0.1, 0.15) is 0 Å². The van der Waals surface area contributed by atoms with Crippen molar-refractivity contribution < 1.29 is 23.1 Å². The molecule has 1 amide bonds. The van der Waals surface area contributed by atoms with Crippen LogP contribution < -0.4 is 14.8 Å². The van der Waals surface area contributed by atoms with Gasteiger partial charge >= 0.3 is 0 Å². The molecule has 0 atom stereocenters. The van der Waals surface area contributed by atoms with E-state index < -0.39 is 0 Å². The van der Waals surface area contributed by atoms with Gasteiger partial charge in [0.05, 0.1) is 20.0 Å². The van der Waals surface area contributed by atoms with Crippen LogP contribution >= 0.6 is 11.8 Å². The zero-order valence-electron chi connectivity index (χ0n) is 14.6. The number of halogens is 1. The van der Waals surface area contributed by atoms with Gasteiger partial charge in [-0.3, -0.25) is 4.79 Å². The van der Waals surface area contributed by atoms with E-state index in [2.05, 4.69) is 15.5 Å². The number of anilines is 1. The van der Waals surface area contributed by atoms with Crippen LogP contribution in [0.4, 0.5) is 10.1 Å². The highest BCUT2D eigenvalue weighted by Crippen LogP contribution is 2.30. The number of rotatable bonds is 7. The molecular weight excluding hydrogens is 373 g/mol. The average Bonchev–Trinajstić information content (AvgIpc) is 3.16. The summed E-state index contributed by atoms with van der Waals surface area (Å²) in [6.45, 7) is 0. The lowest BCUT2D eigenvalue weighted by Crippen LogP contribution is -2.14. The van der Waals surface area contributed by atoms with E-state index in [1.165, 1.54) is 26.4 Å². The molecule has 0 fully saturated rings. The maximum atomic E-state index is 13.0. The molecular formula is C18H16FN3O4S. The Morgan fingerprint density at radius 2 is 1.85 bits per heavy atom. The number of methoxy groups -OCH3 is 2. The second kappa shape index (κ2) is 8.54. The van der Waals surface area contributed by atoms with Crippen molar-refractivity contribution in [3.05, 3.63) is 48.3 Å². The molecule has 0 unspecified atom stereocenters.